The third-order valence-electron chi connectivity index (χ3n) is 6.06. The van der Waals surface area contributed by atoms with Crippen LogP contribution in [0.3, 0.4) is 0 Å². The SMILES string of the molecule is [C-]#[N+]c1ccc(N2CCC(OCc3c(-c4c(Cl)cccc4Cl)noc3C3CC3)CC2)nc1. The average Bonchev–Trinajstić information content (AvgIpc) is 3.58. The summed E-state index contributed by atoms with van der Waals surface area (Å²) in [7, 11) is 0. The average molecular weight is 469 g/mol. The topological polar surface area (TPSA) is 55.8 Å². The van der Waals surface area contributed by atoms with Gasteiger partial charge in [-0.3, -0.25) is 4.98 Å². The van der Waals surface area contributed by atoms with Gasteiger partial charge in [0.2, 0.25) is 5.69 Å². The van der Waals surface area contributed by atoms with Crippen LogP contribution in [0.1, 0.15) is 42.9 Å². The van der Waals surface area contributed by atoms with E-state index in [1.54, 1.807) is 6.20 Å². The molecule has 0 bridgehead atoms. The first-order valence-electron chi connectivity index (χ1n) is 10.8. The monoisotopic (exact) mass is 468 g/mol. The Morgan fingerprint density at radius 3 is 2.47 bits per heavy atom. The Hall–Kier alpha value is -2.59. The smallest absolute Gasteiger partial charge is 0.205 e. The van der Waals surface area contributed by atoms with Crippen LogP contribution < -0.4 is 4.90 Å². The molecule has 6 nitrogen and oxygen atoms in total. The molecule has 2 aliphatic rings. The van der Waals surface area contributed by atoms with Crippen molar-refractivity contribution >= 4 is 34.7 Å². The number of hydrogen-bond acceptors (Lipinski definition) is 5. The van der Waals surface area contributed by atoms with Crippen molar-refractivity contribution in [1.82, 2.24) is 10.1 Å². The number of aromatic nitrogens is 2. The van der Waals surface area contributed by atoms with Crippen molar-refractivity contribution in [2.75, 3.05) is 18.0 Å². The molecular weight excluding hydrogens is 447 g/mol. The van der Waals surface area contributed by atoms with Crippen LogP contribution in [-0.4, -0.2) is 29.3 Å². The molecule has 8 heteroatoms. The van der Waals surface area contributed by atoms with Crippen molar-refractivity contribution in [2.45, 2.75) is 44.3 Å². The zero-order valence-corrected chi connectivity index (χ0v) is 18.9. The number of hydrogen-bond donors (Lipinski definition) is 0. The minimum Gasteiger partial charge on any atom is -0.373 e. The van der Waals surface area contributed by atoms with E-state index in [4.69, 9.17) is 39.0 Å². The van der Waals surface area contributed by atoms with Crippen molar-refractivity contribution in [1.29, 1.82) is 0 Å². The Morgan fingerprint density at radius 1 is 1.09 bits per heavy atom. The van der Waals surface area contributed by atoms with Crippen LogP contribution in [0.2, 0.25) is 10.0 Å². The lowest BCUT2D eigenvalue weighted by Gasteiger charge is -2.32. The molecule has 3 heterocycles. The van der Waals surface area contributed by atoms with Crippen LogP contribution in [0.4, 0.5) is 11.5 Å². The number of anilines is 1. The number of benzene rings is 1. The van der Waals surface area contributed by atoms with Crippen LogP contribution in [0.25, 0.3) is 16.1 Å². The molecule has 5 rings (SSSR count). The van der Waals surface area contributed by atoms with E-state index in [2.05, 4.69) is 19.9 Å². The molecule has 0 amide bonds. The van der Waals surface area contributed by atoms with Crippen molar-refractivity contribution in [3.05, 3.63) is 69.3 Å². The van der Waals surface area contributed by atoms with Gasteiger partial charge in [0, 0.05) is 36.3 Å². The zero-order valence-electron chi connectivity index (χ0n) is 17.4. The first-order chi connectivity index (χ1) is 15.6. The first-order valence-corrected chi connectivity index (χ1v) is 11.5. The fraction of sp³-hybridized carbons (Fsp3) is 0.375. The summed E-state index contributed by atoms with van der Waals surface area (Å²) in [4.78, 5) is 10.0. The lowest BCUT2D eigenvalue weighted by atomic mass is 10.0. The van der Waals surface area contributed by atoms with Gasteiger partial charge in [-0.05, 0) is 43.9 Å². The highest BCUT2D eigenvalue weighted by atomic mass is 35.5. The zero-order chi connectivity index (χ0) is 22.1. The largest absolute Gasteiger partial charge is 0.373 e. The highest BCUT2D eigenvalue weighted by Crippen LogP contribution is 2.46. The van der Waals surface area contributed by atoms with E-state index in [1.807, 2.05) is 30.3 Å². The second kappa shape index (κ2) is 9.11. The number of halogens is 2. The van der Waals surface area contributed by atoms with Gasteiger partial charge in [-0.1, -0.05) is 40.5 Å². The second-order valence-electron chi connectivity index (χ2n) is 8.23. The van der Waals surface area contributed by atoms with Crippen LogP contribution in [0.5, 0.6) is 0 Å². The number of ether oxygens (including phenoxy) is 1. The van der Waals surface area contributed by atoms with E-state index < -0.39 is 0 Å². The van der Waals surface area contributed by atoms with E-state index in [9.17, 15) is 0 Å². The van der Waals surface area contributed by atoms with E-state index in [0.29, 0.717) is 39.5 Å². The maximum Gasteiger partial charge on any atom is 0.205 e. The van der Waals surface area contributed by atoms with Crippen LogP contribution in [-0.2, 0) is 11.3 Å². The predicted molar refractivity (Wildman–Crippen MR) is 124 cm³/mol. The minimum atomic E-state index is 0.144. The Bertz CT molecular complexity index is 1120. The normalized spacial score (nSPS) is 16.8. The number of pyridine rings is 1. The summed E-state index contributed by atoms with van der Waals surface area (Å²) in [5.74, 6) is 2.21. The van der Waals surface area contributed by atoms with Crippen molar-refractivity contribution in [2.24, 2.45) is 0 Å². The maximum absolute atomic E-state index is 7.06. The third kappa shape index (κ3) is 4.33. The quantitative estimate of drug-likeness (QED) is 0.378. The Morgan fingerprint density at radius 2 is 1.84 bits per heavy atom. The van der Waals surface area contributed by atoms with Crippen LogP contribution >= 0.6 is 23.2 Å². The molecule has 0 atom stereocenters. The molecule has 32 heavy (non-hydrogen) atoms. The predicted octanol–water partition coefficient (Wildman–Crippen LogP) is 6.66. The molecule has 0 unspecified atom stereocenters. The molecule has 1 saturated heterocycles. The Kier molecular flexibility index (Phi) is 6.05. The van der Waals surface area contributed by atoms with Crippen LogP contribution in [0.15, 0.2) is 41.1 Å². The van der Waals surface area contributed by atoms with Gasteiger partial charge in [0.1, 0.15) is 17.3 Å². The molecule has 164 valence electrons. The Labute approximate surface area is 196 Å². The fourth-order valence-electron chi connectivity index (χ4n) is 4.13. The lowest BCUT2D eigenvalue weighted by Crippen LogP contribution is -2.37. The van der Waals surface area contributed by atoms with Gasteiger partial charge in [0.05, 0.1) is 29.3 Å². The molecule has 3 aromatic rings. The molecule has 0 spiro atoms. The summed E-state index contributed by atoms with van der Waals surface area (Å²) in [6.45, 7) is 9.20. The van der Waals surface area contributed by atoms with E-state index >= 15 is 0 Å². The molecule has 0 N–H and O–H groups in total. The molecule has 2 fully saturated rings. The summed E-state index contributed by atoms with van der Waals surface area (Å²) in [6, 6.07) is 9.17. The standard InChI is InChI=1S/C24H22Cl2N4O2/c1-27-16-7-8-21(28-13-16)30-11-9-17(10-12-30)31-14-18-23(29-32-24(18)15-5-6-15)22-19(25)3-2-4-20(22)26/h2-4,7-8,13,15,17H,5-6,9-12,14H2. The summed E-state index contributed by atoms with van der Waals surface area (Å²) >= 11 is 12.9. The van der Waals surface area contributed by atoms with Gasteiger partial charge in [0.25, 0.3) is 0 Å². The van der Waals surface area contributed by atoms with E-state index in [0.717, 1.165) is 55.9 Å². The van der Waals surface area contributed by atoms with Gasteiger partial charge in [-0.2, -0.15) is 0 Å². The molecule has 1 aliphatic carbocycles. The summed E-state index contributed by atoms with van der Waals surface area (Å²) in [6.07, 6.45) is 5.78. The van der Waals surface area contributed by atoms with Gasteiger partial charge in [0.15, 0.2) is 0 Å². The molecule has 1 aliphatic heterocycles. The maximum atomic E-state index is 7.06. The second-order valence-corrected chi connectivity index (χ2v) is 9.04. The van der Waals surface area contributed by atoms with Crippen molar-refractivity contribution in [3.8, 4) is 11.3 Å². The van der Waals surface area contributed by atoms with Gasteiger partial charge in [-0.15, -0.1) is 0 Å². The number of piperidine rings is 1. The number of nitrogens with zero attached hydrogens (tertiary/aromatic N) is 4. The van der Waals surface area contributed by atoms with Gasteiger partial charge < -0.3 is 14.2 Å². The molecular formula is C24H22Cl2N4O2. The highest BCUT2D eigenvalue weighted by Gasteiger charge is 2.34. The van der Waals surface area contributed by atoms with Gasteiger partial charge >= 0.3 is 0 Å². The Balaban J connectivity index is 1.27. The summed E-state index contributed by atoms with van der Waals surface area (Å²) in [5, 5.41) is 5.45. The third-order valence-corrected chi connectivity index (χ3v) is 6.69. The van der Waals surface area contributed by atoms with Crippen molar-refractivity contribution < 1.29 is 9.26 Å². The molecule has 2 aromatic heterocycles. The molecule has 1 aromatic carbocycles. The van der Waals surface area contributed by atoms with Crippen LogP contribution in [0, 0.1) is 6.57 Å². The lowest BCUT2D eigenvalue weighted by molar-refractivity contribution is 0.0245. The van der Waals surface area contributed by atoms with E-state index in [-0.39, 0.29) is 6.10 Å². The van der Waals surface area contributed by atoms with Gasteiger partial charge in [-0.25, -0.2) is 4.85 Å². The summed E-state index contributed by atoms with van der Waals surface area (Å²) < 4.78 is 12.1. The fourth-order valence-corrected chi connectivity index (χ4v) is 4.71. The van der Waals surface area contributed by atoms with Crippen molar-refractivity contribution in [3.63, 3.8) is 0 Å². The molecule has 0 radical (unpaired) electrons. The first kappa shape index (κ1) is 21.3. The molecule has 1 saturated carbocycles. The van der Waals surface area contributed by atoms with E-state index in [1.165, 1.54) is 0 Å². The number of rotatable bonds is 6. The highest BCUT2D eigenvalue weighted by molar-refractivity contribution is 6.39. The summed E-state index contributed by atoms with van der Waals surface area (Å²) in [5.41, 5.74) is 2.90. The minimum absolute atomic E-state index is 0.144.